The van der Waals surface area contributed by atoms with Gasteiger partial charge in [0.2, 0.25) is 0 Å². The van der Waals surface area contributed by atoms with Crippen LogP contribution >= 0.6 is 0 Å². The highest BCUT2D eigenvalue weighted by Gasteiger charge is 2.34. The standard InChI is InChI=1S/C17H16N4O/c1-12-8-10-15(11-9-12)21-17(22)16(13(2)20-21)19-18-14-6-4-3-5-7-14/h3-11,16H,1-2H3/t16-/m1/s1. The van der Waals surface area contributed by atoms with Crippen LogP contribution in [-0.2, 0) is 4.79 Å². The molecule has 0 unspecified atom stereocenters. The van der Waals surface area contributed by atoms with Crippen LogP contribution < -0.4 is 5.01 Å². The topological polar surface area (TPSA) is 57.4 Å². The lowest BCUT2D eigenvalue weighted by Crippen LogP contribution is -2.29. The van der Waals surface area contributed by atoms with Gasteiger partial charge in [-0.05, 0) is 38.1 Å². The zero-order valence-corrected chi connectivity index (χ0v) is 12.5. The number of hydrogen-bond acceptors (Lipinski definition) is 4. The van der Waals surface area contributed by atoms with E-state index in [0.717, 1.165) is 16.9 Å². The highest BCUT2D eigenvalue weighted by molar-refractivity contribution is 6.18. The van der Waals surface area contributed by atoms with Crippen molar-refractivity contribution in [3.63, 3.8) is 0 Å². The molecule has 2 aromatic rings. The molecule has 22 heavy (non-hydrogen) atoms. The minimum Gasteiger partial charge on any atom is -0.269 e. The Bertz CT molecular complexity index is 735. The third kappa shape index (κ3) is 2.79. The van der Waals surface area contributed by atoms with Crippen molar-refractivity contribution in [2.24, 2.45) is 15.3 Å². The van der Waals surface area contributed by atoms with Crippen LogP contribution in [0.25, 0.3) is 0 Å². The molecule has 1 aliphatic heterocycles. The summed E-state index contributed by atoms with van der Waals surface area (Å²) in [4.78, 5) is 12.5. The minimum absolute atomic E-state index is 0.180. The Morgan fingerprint density at radius 2 is 1.68 bits per heavy atom. The Morgan fingerprint density at radius 1 is 1.00 bits per heavy atom. The monoisotopic (exact) mass is 292 g/mol. The Balaban J connectivity index is 1.81. The summed E-state index contributed by atoms with van der Waals surface area (Å²) in [6.45, 7) is 3.79. The zero-order valence-electron chi connectivity index (χ0n) is 12.5. The van der Waals surface area contributed by atoms with Gasteiger partial charge < -0.3 is 0 Å². The van der Waals surface area contributed by atoms with Gasteiger partial charge >= 0.3 is 0 Å². The molecule has 1 amide bonds. The second kappa shape index (κ2) is 5.89. The highest BCUT2D eigenvalue weighted by Crippen LogP contribution is 2.23. The molecule has 0 spiro atoms. The summed E-state index contributed by atoms with van der Waals surface area (Å²) in [5.41, 5.74) is 3.24. The maximum Gasteiger partial charge on any atom is 0.280 e. The first-order chi connectivity index (χ1) is 10.6. The van der Waals surface area contributed by atoms with Gasteiger partial charge in [-0.25, -0.2) is 0 Å². The van der Waals surface area contributed by atoms with Crippen LogP contribution in [0.5, 0.6) is 0 Å². The molecule has 1 aliphatic rings. The van der Waals surface area contributed by atoms with Crippen molar-refractivity contribution < 1.29 is 4.79 Å². The molecule has 0 aromatic heterocycles. The van der Waals surface area contributed by atoms with Gasteiger partial charge in [0.05, 0.1) is 17.1 Å². The van der Waals surface area contributed by atoms with Gasteiger partial charge in [0.15, 0.2) is 6.04 Å². The van der Waals surface area contributed by atoms with Gasteiger partial charge in [-0.15, -0.1) is 0 Å². The van der Waals surface area contributed by atoms with Crippen LogP contribution in [0.2, 0.25) is 0 Å². The van der Waals surface area contributed by atoms with E-state index >= 15 is 0 Å². The van der Waals surface area contributed by atoms with E-state index in [0.29, 0.717) is 5.71 Å². The predicted octanol–water partition coefficient (Wildman–Crippen LogP) is 3.87. The average Bonchev–Trinajstić information content (AvgIpc) is 2.82. The maximum absolute atomic E-state index is 12.5. The number of amides is 1. The third-order valence-corrected chi connectivity index (χ3v) is 3.42. The number of carbonyl (C=O) groups excluding carboxylic acids is 1. The molecule has 110 valence electrons. The van der Waals surface area contributed by atoms with E-state index < -0.39 is 6.04 Å². The van der Waals surface area contributed by atoms with Gasteiger partial charge in [-0.1, -0.05) is 35.9 Å². The Labute approximate surface area is 129 Å². The van der Waals surface area contributed by atoms with Crippen molar-refractivity contribution in [2.45, 2.75) is 19.9 Å². The lowest BCUT2D eigenvalue weighted by molar-refractivity contribution is -0.117. The Kier molecular flexibility index (Phi) is 3.78. The number of anilines is 1. The molecule has 0 saturated carbocycles. The van der Waals surface area contributed by atoms with E-state index in [1.807, 2.05) is 61.5 Å². The van der Waals surface area contributed by atoms with Crippen LogP contribution in [0.15, 0.2) is 69.9 Å². The van der Waals surface area contributed by atoms with Crippen LogP contribution in [0.3, 0.4) is 0 Å². The molecular formula is C17H16N4O. The SMILES string of the molecule is CC1=NN(c2ccc(C)cc2)C(=O)[C@@H]1N=Nc1ccccc1. The van der Waals surface area contributed by atoms with Crippen LogP contribution in [0.4, 0.5) is 11.4 Å². The van der Waals surface area contributed by atoms with Gasteiger partial charge in [-0.3, -0.25) is 4.79 Å². The normalized spacial score (nSPS) is 18.1. The molecule has 1 atom stereocenters. The van der Waals surface area contributed by atoms with E-state index in [2.05, 4.69) is 15.3 Å². The molecule has 0 bridgehead atoms. The number of benzene rings is 2. The number of carbonyl (C=O) groups is 1. The first-order valence-electron chi connectivity index (χ1n) is 7.07. The summed E-state index contributed by atoms with van der Waals surface area (Å²) in [7, 11) is 0. The molecule has 0 radical (unpaired) electrons. The maximum atomic E-state index is 12.5. The molecule has 0 fully saturated rings. The summed E-state index contributed by atoms with van der Waals surface area (Å²) in [5.74, 6) is -0.180. The van der Waals surface area contributed by atoms with E-state index in [9.17, 15) is 4.79 Å². The van der Waals surface area contributed by atoms with E-state index in [4.69, 9.17) is 0 Å². The smallest absolute Gasteiger partial charge is 0.269 e. The van der Waals surface area contributed by atoms with Crippen LogP contribution in [0, 0.1) is 6.92 Å². The quantitative estimate of drug-likeness (QED) is 0.792. The average molecular weight is 292 g/mol. The largest absolute Gasteiger partial charge is 0.280 e. The first-order valence-corrected chi connectivity index (χ1v) is 7.07. The number of azo groups is 1. The van der Waals surface area contributed by atoms with Crippen molar-refractivity contribution in [3.05, 3.63) is 60.2 Å². The Morgan fingerprint density at radius 3 is 2.36 bits per heavy atom. The third-order valence-electron chi connectivity index (χ3n) is 3.42. The molecule has 0 saturated heterocycles. The lowest BCUT2D eigenvalue weighted by atomic mass is 10.2. The summed E-state index contributed by atoms with van der Waals surface area (Å²) < 4.78 is 0. The number of hydrazone groups is 1. The number of nitrogens with zero attached hydrogens (tertiary/aromatic N) is 4. The van der Waals surface area contributed by atoms with Crippen molar-refractivity contribution in [1.82, 2.24) is 0 Å². The van der Waals surface area contributed by atoms with Crippen LogP contribution in [0.1, 0.15) is 12.5 Å². The van der Waals surface area contributed by atoms with E-state index in [1.165, 1.54) is 5.01 Å². The summed E-state index contributed by atoms with van der Waals surface area (Å²) in [6.07, 6.45) is 0. The molecule has 3 rings (SSSR count). The fraction of sp³-hybridized carbons (Fsp3) is 0.176. The highest BCUT2D eigenvalue weighted by atomic mass is 16.2. The summed E-state index contributed by atoms with van der Waals surface area (Å²) in [5, 5.41) is 14.0. The molecular weight excluding hydrogens is 276 g/mol. The molecule has 5 nitrogen and oxygen atoms in total. The van der Waals surface area contributed by atoms with Gasteiger partial charge in [0, 0.05) is 0 Å². The molecule has 5 heteroatoms. The van der Waals surface area contributed by atoms with Gasteiger partial charge in [0.25, 0.3) is 5.91 Å². The van der Waals surface area contributed by atoms with Crippen LogP contribution in [-0.4, -0.2) is 17.7 Å². The van der Waals surface area contributed by atoms with Gasteiger partial charge in [-0.2, -0.15) is 20.3 Å². The van der Waals surface area contributed by atoms with Crippen molar-refractivity contribution >= 4 is 23.0 Å². The van der Waals surface area contributed by atoms with Gasteiger partial charge in [0.1, 0.15) is 0 Å². The summed E-state index contributed by atoms with van der Waals surface area (Å²) in [6, 6.07) is 16.3. The number of aryl methyl sites for hydroxylation is 1. The summed E-state index contributed by atoms with van der Waals surface area (Å²) >= 11 is 0. The van der Waals surface area contributed by atoms with Crippen molar-refractivity contribution in [1.29, 1.82) is 0 Å². The molecule has 2 aromatic carbocycles. The first kappa shape index (κ1) is 14.1. The Hall–Kier alpha value is -2.82. The minimum atomic E-state index is -0.651. The molecule has 1 heterocycles. The number of hydrogen-bond donors (Lipinski definition) is 0. The van der Waals surface area contributed by atoms with E-state index in [1.54, 1.807) is 6.92 Å². The zero-order chi connectivity index (χ0) is 15.5. The fourth-order valence-corrected chi connectivity index (χ4v) is 2.18. The second-order valence-corrected chi connectivity index (χ2v) is 5.18. The lowest BCUT2D eigenvalue weighted by Gasteiger charge is -2.12. The predicted molar refractivity (Wildman–Crippen MR) is 86.5 cm³/mol. The van der Waals surface area contributed by atoms with Crippen molar-refractivity contribution in [2.75, 3.05) is 5.01 Å². The second-order valence-electron chi connectivity index (χ2n) is 5.18. The number of rotatable bonds is 3. The van der Waals surface area contributed by atoms with Crippen molar-refractivity contribution in [3.8, 4) is 0 Å². The fourth-order valence-electron chi connectivity index (χ4n) is 2.18. The molecule has 0 N–H and O–H groups in total. The molecule has 0 aliphatic carbocycles. The van der Waals surface area contributed by atoms with E-state index in [-0.39, 0.29) is 5.91 Å².